The van der Waals surface area contributed by atoms with Gasteiger partial charge in [0, 0.05) is 29.6 Å². The number of hydrogen-bond donors (Lipinski definition) is 3. The molecule has 0 bridgehead atoms. The van der Waals surface area contributed by atoms with Gasteiger partial charge in [0.15, 0.2) is 0 Å². The van der Waals surface area contributed by atoms with Crippen molar-refractivity contribution in [3.05, 3.63) is 45.8 Å². The molecule has 3 rings (SSSR count). The smallest absolute Gasteiger partial charge is 0.261 e. The van der Waals surface area contributed by atoms with Crippen LogP contribution in [0.5, 0.6) is 0 Å². The molecule has 3 N–H and O–H groups in total. The molecule has 3 amide bonds. The lowest BCUT2D eigenvalue weighted by atomic mass is 10.2. The van der Waals surface area contributed by atoms with E-state index in [9.17, 15) is 14.4 Å². The third-order valence-electron chi connectivity index (χ3n) is 4.20. The summed E-state index contributed by atoms with van der Waals surface area (Å²) in [6, 6.07) is 8.69. The summed E-state index contributed by atoms with van der Waals surface area (Å²) in [4.78, 5) is 36.4. The molecule has 1 aliphatic rings. The van der Waals surface area contributed by atoms with E-state index in [-0.39, 0.29) is 36.6 Å². The number of hydrogen-bond acceptors (Lipinski definition) is 4. The number of halogens is 1. The third-order valence-corrected chi connectivity index (χ3v) is 5.61. The number of carbonyl (C=O) groups excluding carboxylic acids is 3. The first-order valence-corrected chi connectivity index (χ1v) is 9.87. The Bertz CT molecular complexity index is 877. The van der Waals surface area contributed by atoms with Crippen molar-refractivity contribution in [3.63, 3.8) is 0 Å². The number of rotatable bonds is 7. The minimum atomic E-state index is -0.265. The molecule has 1 aromatic carbocycles. The fraction of sp³-hybridized carbons (Fsp3) is 0.316. The van der Waals surface area contributed by atoms with Crippen molar-refractivity contribution in [1.82, 2.24) is 5.32 Å². The average molecular weight is 406 g/mol. The largest absolute Gasteiger partial charge is 0.351 e. The first-order valence-electron chi connectivity index (χ1n) is 8.68. The molecular weight excluding hydrogens is 386 g/mol. The molecule has 8 heteroatoms. The fourth-order valence-electron chi connectivity index (χ4n) is 2.43. The SMILES string of the molecule is Cc1c(Cl)cccc1NC(=O)CCNC(=O)c1ccc(NC(=O)C2CC2)s1. The summed E-state index contributed by atoms with van der Waals surface area (Å²) in [6.45, 7) is 2.04. The van der Waals surface area contributed by atoms with E-state index in [4.69, 9.17) is 11.6 Å². The predicted molar refractivity (Wildman–Crippen MR) is 107 cm³/mol. The monoisotopic (exact) mass is 405 g/mol. The summed E-state index contributed by atoms with van der Waals surface area (Å²) in [5.41, 5.74) is 1.46. The molecule has 1 aromatic heterocycles. The molecule has 1 saturated carbocycles. The maximum absolute atomic E-state index is 12.2. The second-order valence-corrected chi connectivity index (χ2v) is 7.88. The standard InChI is InChI=1S/C19H20ClN3O3S/c1-11-13(20)3-2-4-14(11)22-16(24)9-10-21-19(26)15-7-8-17(27-15)23-18(25)12-5-6-12/h2-4,7-8,12H,5-6,9-10H2,1H3,(H,21,26)(H,22,24)(H,23,25). The number of nitrogens with one attached hydrogen (secondary N) is 3. The summed E-state index contributed by atoms with van der Waals surface area (Å²) < 4.78 is 0. The molecule has 0 unspecified atom stereocenters. The van der Waals surface area contributed by atoms with Crippen molar-refractivity contribution < 1.29 is 14.4 Å². The lowest BCUT2D eigenvalue weighted by Crippen LogP contribution is -2.27. The molecule has 2 aromatic rings. The van der Waals surface area contributed by atoms with Crippen LogP contribution in [0.25, 0.3) is 0 Å². The number of amides is 3. The minimum absolute atomic E-state index is 0.0109. The van der Waals surface area contributed by atoms with Crippen LogP contribution in [0.1, 0.15) is 34.5 Å². The highest BCUT2D eigenvalue weighted by Crippen LogP contribution is 2.31. The van der Waals surface area contributed by atoms with E-state index in [1.807, 2.05) is 6.92 Å². The summed E-state index contributed by atoms with van der Waals surface area (Å²) >= 11 is 7.25. The summed E-state index contributed by atoms with van der Waals surface area (Å²) in [5.74, 6) is -0.342. The van der Waals surface area contributed by atoms with Gasteiger partial charge in [-0.3, -0.25) is 14.4 Å². The normalized spacial score (nSPS) is 13.1. The molecule has 0 atom stereocenters. The van der Waals surface area contributed by atoms with Gasteiger partial charge in [-0.1, -0.05) is 17.7 Å². The molecular formula is C19H20ClN3O3S. The Kier molecular flexibility index (Phi) is 6.13. The average Bonchev–Trinajstić information content (AvgIpc) is 3.38. The first kappa shape index (κ1) is 19.4. The molecule has 0 saturated heterocycles. The second kappa shape index (κ2) is 8.54. The molecule has 142 valence electrons. The Morgan fingerprint density at radius 2 is 1.93 bits per heavy atom. The van der Waals surface area contributed by atoms with Gasteiger partial charge in [-0.05, 0) is 49.6 Å². The molecule has 1 heterocycles. The maximum Gasteiger partial charge on any atom is 0.261 e. The third kappa shape index (κ3) is 5.30. The van der Waals surface area contributed by atoms with Crippen LogP contribution >= 0.6 is 22.9 Å². The summed E-state index contributed by atoms with van der Waals surface area (Å²) in [7, 11) is 0. The first-order chi connectivity index (χ1) is 12.9. The fourth-order valence-corrected chi connectivity index (χ4v) is 3.43. The highest BCUT2D eigenvalue weighted by Gasteiger charge is 2.29. The van der Waals surface area contributed by atoms with Crippen molar-refractivity contribution in [2.24, 2.45) is 5.92 Å². The Hall–Kier alpha value is -2.38. The van der Waals surface area contributed by atoms with Crippen LogP contribution in [0.15, 0.2) is 30.3 Å². The highest BCUT2D eigenvalue weighted by atomic mass is 35.5. The van der Waals surface area contributed by atoms with Gasteiger partial charge in [0.2, 0.25) is 11.8 Å². The van der Waals surface area contributed by atoms with Crippen LogP contribution in [-0.4, -0.2) is 24.3 Å². The van der Waals surface area contributed by atoms with Gasteiger partial charge in [-0.15, -0.1) is 11.3 Å². The van der Waals surface area contributed by atoms with Crippen molar-refractivity contribution in [2.45, 2.75) is 26.2 Å². The molecule has 1 fully saturated rings. The quantitative estimate of drug-likeness (QED) is 0.654. The van der Waals surface area contributed by atoms with Crippen molar-refractivity contribution >= 4 is 51.3 Å². The zero-order valence-corrected chi connectivity index (χ0v) is 16.4. The van der Waals surface area contributed by atoms with E-state index >= 15 is 0 Å². The van der Waals surface area contributed by atoms with Crippen LogP contribution in [0, 0.1) is 12.8 Å². The van der Waals surface area contributed by atoms with Gasteiger partial charge >= 0.3 is 0 Å². The Morgan fingerprint density at radius 1 is 1.15 bits per heavy atom. The van der Waals surface area contributed by atoms with Crippen LogP contribution < -0.4 is 16.0 Å². The molecule has 1 aliphatic carbocycles. The van der Waals surface area contributed by atoms with Crippen molar-refractivity contribution in [1.29, 1.82) is 0 Å². The lowest BCUT2D eigenvalue weighted by Gasteiger charge is -2.09. The van der Waals surface area contributed by atoms with Crippen LogP contribution in [-0.2, 0) is 9.59 Å². The van der Waals surface area contributed by atoms with Crippen molar-refractivity contribution in [2.75, 3.05) is 17.2 Å². The van der Waals surface area contributed by atoms with E-state index in [2.05, 4.69) is 16.0 Å². The Balaban J connectivity index is 1.43. The Labute approximate surface area is 166 Å². The van der Waals surface area contributed by atoms with E-state index in [0.29, 0.717) is 20.6 Å². The van der Waals surface area contributed by atoms with E-state index in [1.54, 1.807) is 30.3 Å². The predicted octanol–water partition coefficient (Wildman–Crippen LogP) is 3.82. The van der Waals surface area contributed by atoms with E-state index < -0.39 is 0 Å². The van der Waals surface area contributed by atoms with Crippen LogP contribution in [0.3, 0.4) is 0 Å². The van der Waals surface area contributed by atoms with Gasteiger partial charge in [0.25, 0.3) is 5.91 Å². The second-order valence-electron chi connectivity index (χ2n) is 6.39. The number of thiophene rings is 1. The van der Waals surface area contributed by atoms with Gasteiger partial charge in [0.1, 0.15) is 0 Å². The highest BCUT2D eigenvalue weighted by molar-refractivity contribution is 7.18. The van der Waals surface area contributed by atoms with E-state index in [0.717, 1.165) is 18.4 Å². The maximum atomic E-state index is 12.2. The molecule has 6 nitrogen and oxygen atoms in total. The number of carbonyl (C=O) groups is 3. The van der Waals surface area contributed by atoms with E-state index in [1.165, 1.54) is 11.3 Å². The van der Waals surface area contributed by atoms with Gasteiger partial charge in [-0.25, -0.2) is 0 Å². The number of anilines is 2. The molecule has 0 radical (unpaired) electrons. The zero-order chi connectivity index (χ0) is 19.4. The molecule has 0 aliphatic heterocycles. The zero-order valence-electron chi connectivity index (χ0n) is 14.8. The Morgan fingerprint density at radius 3 is 2.67 bits per heavy atom. The van der Waals surface area contributed by atoms with Gasteiger partial charge in [0.05, 0.1) is 9.88 Å². The summed E-state index contributed by atoms with van der Waals surface area (Å²) in [5, 5.41) is 9.56. The van der Waals surface area contributed by atoms with Crippen LogP contribution in [0.2, 0.25) is 5.02 Å². The lowest BCUT2D eigenvalue weighted by molar-refractivity contribution is -0.117. The van der Waals surface area contributed by atoms with Crippen molar-refractivity contribution in [3.8, 4) is 0 Å². The number of benzene rings is 1. The molecule has 27 heavy (non-hydrogen) atoms. The minimum Gasteiger partial charge on any atom is -0.351 e. The molecule has 0 spiro atoms. The van der Waals surface area contributed by atoms with Gasteiger partial charge in [-0.2, -0.15) is 0 Å². The van der Waals surface area contributed by atoms with Crippen LogP contribution in [0.4, 0.5) is 10.7 Å². The van der Waals surface area contributed by atoms with Gasteiger partial charge < -0.3 is 16.0 Å². The summed E-state index contributed by atoms with van der Waals surface area (Å²) in [6.07, 6.45) is 2.01. The topological polar surface area (TPSA) is 87.3 Å².